The van der Waals surface area contributed by atoms with Gasteiger partial charge in [-0.1, -0.05) is 0 Å². The zero-order valence-electron chi connectivity index (χ0n) is 24.2. The second-order valence-electron chi connectivity index (χ2n) is 11.4. The van der Waals surface area contributed by atoms with E-state index in [1.807, 2.05) is 6.08 Å². The van der Waals surface area contributed by atoms with Crippen molar-refractivity contribution in [3.05, 3.63) is 11.8 Å². The minimum atomic E-state index is -4.05. The van der Waals surface area contributed by atoms with Gasteiger partial charge in [0, 0.05) is 18.6 Å². The molecule has 18 heteroatoms. The summed E-state index contributed by atoms with van der Waals surface area (Å²) in [5, 5.41) is 45.9. The second-order valence-corrected chi connectivity index (χ2v) is 13.2. The van der Waals surface area contributed by atoms with Gasteiger partial charge in [-0.25, -0.2) is 13.6 Å². The van der Waals surface area contributed by atoms with Crippen LogP contribution in [0.25, 0.3) is 0 Å². The van der Waals surface area contributed by atoms with Gasteiger partial charge in [-0.05, 0) is 52.4 Å². The molecule has 2 heterocycles. The number of nitrogens with two attached hydrogens (primary N) is 5. The summed E-state index contributed by atoms with van der Waals surface area (Å²) >= 11 is 0. The Hall–Kier alpha value is -1.07. The maximum Gasteiger partial charge on any atom is 0.226 e. The number of nitrogens with one attached hydrogen (secondary N) is 3. The largest absolute Gasteiger partial charge is 0.467 e. The lowest BCUT2D eigenvalue weighted by Crippen LogP contribution is -2.69. The van der Waals surface area contributed by atoms with Gasteiger partial charge in [0.1, 0.15) is 41.1 Å². The van der Waals surface area contributed by atoms with Crippen LogP contribution in [0.5, 0.6) is 0 Å². The zero-order chi connectivity index (χ0) is 31.2. The van der Waals surface area contributed by atoms with Crippen molar-refractivity contribution in [1.82, 2.24) is 16.0 Å². The summed E-state index contributed by atoms with van der Waals surface area (Å²) in [6, 6.07) is -2.87. The van der Waals surface area contributed by atoms with Crippen molar-refractivity contribution >= 4 is 10.0 Å². The van der Waals surface area contributed by atoms with Gasteiger partial charge in [0.05, 0.1) is 25.2 Å². The van der Waals surface area contributed by atoms with E-state index in [0.717, 1.165) is 6.42 Å². The van der Waals surface area contributed by atoms with Crippen LogP contribution in [0.4, 0.5) is 0 Å². The minimum Gasteiger partial charge on any atom is -0.467 e. The molecule has 1 saturated carbocycles. The van der Waals surface area contributed by atoms with E-state index in [0.29, 0.717) is 31.8 Å². The number of hydrogen-bond acceptors (Lipinski definition) is 16. The summed E-state index contributed by atoms with van der Waals surface area (Å²) < 4.78 is 47.3. The first-order chi connectivity index (χ1) is 19.7. The molecule has 0 amide bonds. The van der Waals surface area contributed by atoms with E-state index in [1.165, 1.54) is 6.92 Å². The molecule has 0 radical (unpaired) electrons. The number of aliphatic hydroxyl groups excluding tert-OH is 2. The number of rotatable bonds is 14. The first-order valence-corrected chi connectivity index (χ1v) is 15.8. The maximum atomic E-state index is 11.7. The summed E-state index contributed by atoms with van der Waals surface area (Å²) in [7, 11) is -2.48. The molecule has 3 aliphatic rings. The van der Waals surface area contributed by atoms with E-state index >= 15 is 0 Å². The van der Waals surface area contributed by atoms with Crippen LogP contribution in [0.3, 0.4) is 0 Å². The number of ether oxygens (including phenoxy) is 4. The molecule has 1 unspecified atom stereocenters. The quantitative estimate of drug-likeness (QED) is 0.0801. The summed E-state index contributed by atoms with van der Waals surface area (Å²) in [5.74, 6) is 0.630. The van der Waals surface area contributed by atoms with Gasteiger partial charge >= 0.3 is 0 Å². The molecule has 0 aromatic carbocycles. The predicted molar refractivity (Wildman–Crippen MR) is 153 cm³/mol. The van der Waals surface area contributed by atoms with E-state index < -0.39 is 82.2 Å². The van der Waals surface area contributed by atoms with Crippen LogP contribution in [0.15, 0.2) is 11.8 Å². The molecule has 0 aromatic rings. The van der Waals surface area contributed by atoms with Gasteiger partial charge < -0.3 is 73.2 Å². The van der Waals surface area contributed by atoms with E-state index in [4.69, 9.17) is 47.0 Å². The molecule has 0 bridgehead atoms. The molecule has 17 nitrogen and oxygen atoms in total. The normalized spacial score (nSPS) is 40.3. The van der Waals surface area contributed by atoms with Crippen molar-refractivity contribution < 1.29 is 42.7 Å². The van der Waals surface area contributed by atoms with Crippen molar-refractivity contribution in [1.29, 1.82) is 0 Å². The lowest BCUT2D eigenvalue weighted by atomic mass is 9.83. The number of primary sulfonamides is 1. The third-order valence-corrected chi connectivity index (χ3v) is 8.85. The third-order valence-electron chi connectivity index (χ3n) is 7.84. The molecule has 246 valence electrons. The minimum absolute atomic E-state index is 0.144. The molecule has 2 aliphatic heterocycles. The lowest BCUT2D eigenvalue weighted by molar-refractivity contribution is -0.304. The van der Waals surface area contributed by atoms with Gasteiger partial charge in [0.2, 0.25) is 16.3 Å². The van der Waals surface area contributed by atoms with Gasteiger partial charge in [-0.2, -0.15) is 0 Å². The van der Waals surface area contributed by atoms with Gasteiger partial charge in [-0.3, -0.25) is 0 Å². The Kier molecular flexibility index (Phi) is 12.9. The van der Waals surface area contributed by atoms with Crippen molar-refractivity contribution in [2.75, 3.05) is 39.8 Å². The first-order valence-electron chi connectivity index (χ1n) is 14.2. The topological polar surface area (TPSA) is 298 Å². The Balaban J connectivity index is 1.76. The standard InChI is InChI=1S/C24H50N8O9S/c1-24(35)11-38-23(18(34)21(24)30-2)41-20-15(32-10-16(28)42(29,36)37)8-14(27)19(17(20)33)40-22-13(26)5-4-12(39-22)9-31-7-3-6-25/h4,13-23,30-35H,3,5-11,25-28H2,1-2H3,(H2,29,36,37)/t13-,14+,15-,16?,17+,18-,19-,20+,21-,22-,23-,24+/m1/s1. The molecule has 1 aliphatic carbocycles. The highest BCUT2D eigenvalue weighted by Gasteiger charge is 2.51. The highest BCUT2D eigenvalue weighted by molar-refractivity contribution is 7.89. The molecule has 2 fully saturated rings. The van der Waals surface area contributed by atoms with Crippen LogP contribution in [-0.2, 0) is 29.0 Å². The molecular formula is C24H50N8O9S. The Bertz CT molecular complexity index is 993. The van der Waals surface area contributed by atoms with Crippen LogP contribution >= 0.6 is 0 Å². The van der Waals surface area contributed by atoms with Crippen molar-refractivity contribution in [3.8, 4) is 0 Å². The number of likely N-dealkylation sites (N-methyl/N-ethyl adjacent to an activating group) is 1. The summed E-state index contributed by atoms with van der Waals surface area (Å²) in [5.41, 5.74) is 22.6. The number of aliphatic hydroxyl groups is 3. The Morgan fingerprint density at radius 3 is 2.50 bits per heavy atom. The highest BCUT2D eigenvalue weighted by atomic mass is 32.2. The molecule has 12 atom stereocenters. The molecular weight excluding hydrogens is 576 g/mol. The second kappa shape index (κ2) is 15.3. The maximum absolute atomic E-state index is 11.7. The fourth-order valence-corrected chi connectivity index (χ4v) is 5.73. The van der Waals surface area contributed by atoms with E-state index in [9.17, 15) is 23.7 Å². The Morgan fingerprint density at radius 1 is 1.17 bits per heavy atom. The fourth-order valence-electron chi connectivity index (χ4n) is 5.40. The summed E-state index contributed by atoms with van der Waals surface area (Å²) in [6.07, 6.45) is -3.79. The van der Waals surface area contributed by atoms with Gasteiger partial charge in [0.25, 0.3) is 0 Å². The molecule has 0 spiro atoms. The van der Waals surface area contributed by atoms with E-state index in [2.05, 4.69) is 16.0 Å². The zero-order valence-corrected chi connectivity index (χ0v) is 25.0. The fraction of sp³-hybridized carbons (Fsp3) is 0.917. The lowest BCUT2D eigenvalue weighted by Gasteiger charge is -2.49. The van der Waals surface area contributed by atoms with Crippen LogP contribution in [-0.4, -0.2) is 136 Å². The van der Waals surface area contributed by atoms with Crippen molar-refractivity contribution in [3.63, 3.8) is 0 Å². The molecule has 1 saturated heterocycles. The summed E-state index contributed by atoms with van der Waals surface area (Å²) in [4.78, 5) is 0. The summed E-state index contributed by atoms with van der Waals surface area (Å²) in [6.45, 7) is 2.79. The Morgan fingerprint density at radius 2 is 1.86 bits per heavy atom. The van der Waals surface area contributed by atoms with Gasteiger partial charge in [-0.15, -0.1) is 0 Å². The van der Waals surface area contributed by atoms with Gasteiger partial charge in [0.15, 0.2) is 6.29 Å². The van der Waals surface area contributed by atoms with E-state index in [1.54, 1.807) is 7.05 Å². The highest BCUT2D eigenvalue weighted by Crippen LogP contribution is 2.32. The molecule has 16 N–H and O–H groups in total. The average Bonchev–Trinajstić information content (AvgIpc) is 2.91. The van der Waals surface area contributed by atoms with Crippen LogP contribution in [0.1, 0.15) is 26.2 Å². The third kappa shape index (κ3) is 8.99. The number of hydrogen-bond donors (Lipinski definition) is 11. The first kappa shape index (κ1) is 35.4. The Labute approximate surface area is 246 Å². The monoisotopic (exact) mass is 626 g/mol. The molecule has 0 aromatic heterocycles. The van der Waals surface area contributed by atoms with Crippen molar-refractivity contribution in [2.45, 2.75) is 98.3 Å². The molecule has 42 heavy (non-hydrogen) atoms. The van der Waals surface area contributed by atoms with Crippen LogP contribution < -0.4 is 44.0 Å². The average molecular weight is 627 g/mol. The van der Waals surface area contributed by atoms with Crippen molar-refractivity contribution in [2.24, 2.45) is 28.1 Å². The molecule has 3 rings (SSSR count). The van der Waals surface area contributed by atoms with Crippen LogP contribution in [0.2, 0.25) is 0 Å². The number of sulfonamides is 1. The van der Waals surface area contributed by atoms with Crippen LogP contribution in [0, 0.1) is 0 Å². The van der Waals surface area contributed by atoms with E-state index in [-0.39, 0.29) is 19.6 Å². The predicted octanol–water partition coefficient (Wildman–Crippen LogP) is -5.67. The SMILES string of the molecule is CN[C@@H]1[C@@H](O)[C@@H](O[C@@H]2[C@@H](O)[C@H](O[C@H]3OC(CNCCCN)=CC[C@H]3N)[C@@H](N)C[C@H]2NCC(N)S(N)(=O)=O)OC[C@]1(C)O. The smallest absolute Gasteiger partial charge is 0.226 e.